The Balaban J connectivity index is 2.76. The molecule has 0 spiro atoms. The lowest BCUT2D eigenvalue weighted by Crippen LogP contribution is -2.44. The van der Waals surface area contributed by atoms with Crippen LogP contribution in [0.5, 0.6) is 0 Å². The number of halogens is 1. The zero-order valence-electron chi connectivity index (χ0n) is 14.8. The van der Waals surface area contributed by atoms with Crippen molar-refractivity contribution in [1.82, 2.24) is 10.6 Å². The highest BCUT2D eigenvalue weighted by atomic mass is 127. The predicted octanol–water partition coefficient (Wildman–Crippen LogP) is 3.30. The third-order valence-electron chi connectivity index (χ3n) is 3.28. The van der Waals surface area contributed by atoms with Crippen molar-refractivity contribution < 1.29 is 14.3 Å². The molecule has 1 unspecified atom stereocenters. The number of nitrogens with one attached hydrogen (secondary N) is 2. The molecule has 0 fully saturated rings. The molecule has 0 aromatic heterocycles. The molecule has 2 N–H and O–H groups in total. The van der Waals surface area contributed by atoms with Crippen molar-refractivity contribution >= 4 is 34.5 Å². The number of carbonyl (C=O) groups excluding carboxylic acids is 2. The summed E-state index contributed by atoms with van der Waals surface area (Å²) < 4.78 is 6.42. The number of rotatable bonds is 8. The first-order valence-corrected chi connectivity index (χ1v) is 9.20. The second-order valence-electron chi connectivity index (χ2n) is 6.70. The van der Waals surface area contributed by atoms with E-state index >= 15 is 0 Å². The van der Waals surface area contributed by atoms with Crippen LogP contribution in [0.25, 0.3) is 0 Å². The van der Waals surface area contributed by atoms with Crippen LogP contribution in [0, 0.1) is 3.57 Å². The van der Waals surface area contributed by atoms with Crippen LogP contribution < -0.4 is 10.6 Å². The number of Topliss-reactive ketones (excluding diaryl/α,β-unsaturated/α-hetero) is 1. The van der Waals surface area contributed by atoms with Crippen LogP contribution in [0.1, 0.15) is 39.2 Å². The van der Waals surface area contributed by atoms with Crippen LogP contribution in [0.4, 0.5) is 4.79 Å². The van der Waals surface area contributed by atoms with Gasteiger partial charge in [-0.2, -0.15) is 0 Å². The molecule has 0 saturated heterocycles. The van der Waals surface area contributed by atoms with Crippen molar-refractivity contribution in [3.05, 3.63) is 33.4 Å². The van der Waals surface area contributed by atoms with Crippen LogP contribution >= 0.6 is 22.6 Å². The number of hydrogen-bond acceptors (Lipinski definition) is 4. The first kappa shape index (κ1) is 20.9. The average Bonchev–Trinajstić information content (AvgIpc) is 2.47. The summed E-state index contributed by atoms with van der Waals surface area (Å²) in [5.74, 6) is 0.0228. The van der Waals surface area contributed by atoms with Gasteiger partial charge in [0.25, 0.3) is 0 Å². The largest absolute Gasteiger partial charge is 0.444 e. The Hall–Kier alpha value is -1.15. The van der Waals surface area contributed by atoms with Crippen LogP contribution in [0.15, 0.2) is 24.3 Å². The number of ketones is 1. The van der Waals surface area contributed by atoms with E-state index in [2.05, 4.69) is 33.2 Å². The molecule has 6 heteroatoms. The Kier molecular flexibility index (Phi) is 8.69. The molecule has 5 nitrogen and oxygen atoms in total. The van der Waals surface area contributed by atoms with Crippen molar-refractivity contribution in [1.29, 1.82) is 0 Å². The lowest BCUT2D eigenvalue weighted by atomic mass is 10.00. The van der Waals surface area contributed by atoms with Crippen molar-refractivity contribution in [3.63, 3.8) is 0 Å². The van der Waals surface area contributed by atoms with Gasteiger partial charge >= 0.3 is 6.09 Å². The fraction of sp³-hybridized carbons (Fsp3) is 0.556. The summed E-state index contributed by atoms with van der Waals surface area (Å²) in [5, 5.41) is 5.76. The summed E-state index contributed by atoms with van der Waals surface area (Å²) in [6.45, 7) is 6.18. The van der Waals surface area contributed by atoms with Crippen LogP contribution in [-0.4, -0.2) is 37.1 Å². The Morgan fingerprint density at radius 2 is 1.83 bits per heavy atom. The Morgan fingerprint density at radius 3 is 2.38 bits per heavy atom. The minimum Gasteiger partial charge on any atom is -0.444 e. The fourth-order valence-electron chi connectivity index (χ4n) is 2.16. The van der Waals surface area contributed by atoms with Gasteiger partial charge in [-0.25, -0.2) is 4.79 Å². The highest BCUT2D eigenvalue weighted by molar-refractivity contribution is 14.1. The number of amides is 1. The number of benzene rings is 1. The van der Waals surface area contributed by atoms with Gasteiger partial charge in [0, 0.05) is 9.99 Å². The number of alkyl carbamates (subject to hydrolysis) is 1. The molecule has 1 aromatic rings. The molecule has 24 heavy (non-hydrogen) atoms. The van der Waals surface area contributed by atoms with Crippen LogP contribution in [0.3, 0.4) is 0 Å². The number of carbonyl (C=O) groups is 2. The summed E-state index contributed by atoms with van der Waals surface area (Å²) in [5.41, 5.74) is 0.422. The van der Waals surface area contributed by atoms with Crippen molar-refractivity contribution in [3.8, 4) is 0 Å². The first-order chi connectivity index (χ1) is 11.2. The summed E-state index contributed by atoms with van der Waals surface area (Å²) in [6.07, 6.45) is 1.08. The maximum absolute atomic E-state index is 12.5. The molecule has 0 heterocycles. The maximum atomic E-state index is 12.5. The lowest BCUT2D eigenvalue weighted by molar-refractivity contribution is -0.121. The zero-order valence-corrected chi connectivity index (χ0v) is 17.0. The van der Waals surface area contributed by atoms with E-state index in [1.165, 1.54) is 0 Å². The molecule has 1 rings (SSSR count). The molecule has 0 aliphatic rings. The van der Waals surface area contributed by atoms with Crippen molar-refractivity contribution in [2.45, 2.75) is 51.7 Å². The highest BCUT2D eigenvalue weighted by Crippen LogP contribution is 2.12. The van der Waals surface area contributed by atoms with E-state index in [4.69, 9.17) is 4.74 Å². The van der Waals surface area contributed by atoms with E-state index in [9.17, 15) is 9.59 Å². The van der Waals surface area contributed by atoms with Gasteiger partial charge in [0.05, 0.1) is 6.04 Å². The Labute approximate surface area is 158 Å². The molecular weight excluding hydrogens is 419 g/mol. The second-order valence-corrected chi connectivity index (χ2v) is 7.95. The molecule has 1 amide bonds. The van der Waals surface area contributed by atoms with Gasteiger partial charge in [-0.05, 0) is 87.5 Å². The first-order valence-electron chi connectivity index (χ1n) is 8.12. The third-order valence-corrected chi connectivity index (χ3v) is 4.00. The summed E-state index contributed by atoms with van der Waals surface area (Å²) in [4.78, 5) is 24.5. The molecule has 134 valence electrons. The van der Waals surface area contributed by atoms with Gasteiger partial charge in [-0.1, -0.05) is 12.1 Å². The normalized spacial score (nSPS) is 12.5. The average molecular weight is 446 g/mol. The smallest absolute Gasteiger partial charge is 0.408 e. The van der Waals surface area contributed by atoms with Gasteiger partial charge in [-0.15, -0.1) is 0 Å². The van der Waals surface area contributed by atoms with Crippen LogP contribution in [0.2, 0.25) is 0 Å². The van der Waals surface area contributed by atoms with Gasteiger partial charge in [0.15, 0.2) is 5.78 Å². The number of ether oxygens (including phenoxy) is 1. The second kappa shape index (κ2) is 9.98. The molecular formula is C18H27IN2O3. The molecule has 0 radical (unpaired) electrons. The predicted molar refractivity (Wildman–Crippen MR) is 104 cm³/mol. The standard InChI is InChI=1S/C18H27IN2O3/c1-18(2,3)24-17(23)21-15(16(22)6-5-11-20-4)12-13-7-9-14(19)10-8-13/h7-10,15,20H,5-6,11-12H2,1-4H3,(H,21,23). The zero-order chi connectivity index (χ0) is 18.2. The topological polar surface area (TPSA) is 67.4 Å². The van der Waals surface area contributed by atoms with Gasteiger partial charge < -0.3 is 15.4 Å². The lowest BCUT2D eigenvalue weighted by Gasteiger charge is -2.23. The summed E-state index contributed by atoms with van der Waals surface area (Å²) in [6, 6.07) is 7.37. The van der Waals surface area contributed by atoms with Gasteiger partial charge in [0.2, 0.25) is 0 Å². The minimum atomic E-state index is -0.591. The van der Waals surface area contributed by atoms with Gasteiger partial charge in [0.1, 0.15) is 5.60 Å². The molecule has 0 bridgehead atoms. The monoisotopic (exact) mass is 446 g/mol. The van der Waals surface area contributed by atoms with E-state index in [1.807, 2.05) is 31.3 Å². The third kappa shape index (κ3) is 8.63. The van der Waals surface area contributed by atoms with Crippen molar-refractivity contribution in [2.24, 2.45) is 0 Å². The SMILES string of the molecule is CNCCCC(=O)C(Cc1ccc(I)cc1)NC(=O)OC(C)(C)C. The Morgan fingerprint density at radius 1 is 1.21 bits per heavy atom. The van der Waals surface area contributed by atoms with E-state index in [0.29, 0.717) is 12.8 Å². The molecule has 1 aromatic carbocycles. The van der Waals surface area contributed by atoms with E-state index in [1.54, 1.807) is 20.8 Å². The minimum absolute atomic E-state index is 0.0228. The highest BCUT2D eigenvalue weighted by Gasteiger charge is 2.24. The van der Waals surface area contributed by atoms with Crippen LogP contribution in [-0.2, 0) is 16.0 Å². The summed E-state index contributed by atoms with van der Waals surface area (Å²) >= 11 is 2.24. The van der Waals surface area contributed by atoms with Crippen molar-refractivity contribution in [2.75, 3.05) is 13.6 Å². The Bertz CT molecular complexity index is 538. The molecule has 1 atom stereocenters. The van der Waals surface area contributed by atoms with E-state index in [-0.39, 0.29) is 5.78 Å². The fourth-order valence-corrected chi connectivity index (χ4v) is 2.52. The quantitative estimate of drug-likeness (QED) is 0.475. The van der Waals surface area contributed by atoms with E-state index in [0.717, 1.165) is 22.1 Å². The van der Waals surface area contributed by atoms with E-state index < -0.39 is 17.7 Å². The molecule has 0 aliphatic heterocycles. The maximum Gasteiger partial charge on any atom is 0.408 e. The summed E-state index contributed by atoms with van der Waals surface area (Å²) in [7, 11) is 1.85. The van der Waals surface area contributed by atoms with Gasteiger partial charge in [-0.3, -0.25) is 4.79 Å². The number of hydrogen-bond donors (Lipinski definition) is 2. The molecule has 0 saturated carbocycles. The molecule has 0 aliphatic carbocycles.